The van der Waals surface area contributed by atoms with Gasteiger partial charge in [-0.3, -0.25) is 4.79 Å². The van der Waals surface area contributed by atoms with E-state index in [0.29, 0.717) is 16.5 Å². The fourth-order valence-corrected chi connectivity index (χ4v) is 3.08. The van der Waals surface area contributed by atoms with Gasteiger partial charge in [-0.05, 0) is 25.1 Å². The van der Waals surface area contributed by atoms with Crippen LogP contribution in [0, 0.1) is 12.7 Å². The molecular weight excluding hydrogens is 359 g/mol. The van der Waals surface area contributed by atoms with E-state index in [2.05, 4.69) is 15.0 Å². The van der Waals surface area contributed by atoms with Crippen LogP contribution in [0.15, 0.2) is 42.7 Å². The van der Waals surface area contributed by atoms with Gasteiger partial charge in [-0.1, -0.05) is 12.1 Å². The average molecular weight is 372 g/mol. The van der Waals surface area contributed by atoms with Gasteiger partial charge >= 0.3 is 5.97 Å². The van der Waals surface area contributed by atoms with Crippen LogP contribution in [-0.2, 0) is 9.53 Å². The van der Waals surface area contributed by atoms with E-state index in [4.69, 9.17) is 10.5 Å². The van der Waals surface area contributed by atoms with Crippen molar-refractivity contribution in [1.29, 1.82) is 0 Å². The van der Waals surface area contributed by atoms with E-state index in [1.807, 2.05) is 0 Å². The highest BCUT2D eigenvalue weighted by atomic mass is 32.1. The monoisotopic (exact) mass is 372 g/mol. The summed E-state index contributed by atoms with van der Waals surface area (Å²) in [6.07, 6.45) is 1.80. The van der Waals surface area contributed by atoms with Crippen molar-refractivity contribution in [3.63, 3.8) is 0 Å². The number of halogens is 1. The van der Waals surface area contributed by atoms with Crippen LogP contribution in [0.5, 0.6) is 0 Å². The largest absolute Gasteiger partial charge is 0.443 e. The second-order valence-electron chi connectivity index (χ2n) is 5.25. The Kier molecular flexibility index (Phi) is 4.99. The summed E-state index contributed by atoms with van der Waals surface area (Å²) in [5.74, 6) is -1.72. The molecule has 3 aromatic rings. The molecule has 0 spiro atoms. The van der Waals surface area contributed by atoms with Gasteiger partial charge in [0.2, 0.25) is 6.10 Å². The van der Waals surface area contributed by atoms with E-state index in [0.717, 1.165) is 23.5 Å². The lowest BCUT2D eigenvalue weighted by molar-refractivity contribution is -0.127. The van der Waals surface area contributed by atoms with Crippen LogP contribution < -0.4 is 5.73 Å². The lowest BCUT2D eigenvalue weighted by atomic mass is 10.1. The van der Waals surface area contributed by atoms with Crippen LogP contribution >= 0.6 is 11.3 Å². The minimum atomic E-state index is -1.33. The Labute approximate surface area is 151 Å². The maximum Gasteiger partial charge on any atom is 0.351 e. The highest BCUT2D eigenvalue weighted by Crippen LogP contribution is 2.28. The van der Waals surface area contributed by atoms with Crippen molar-refractivity contribution in [3.8, 4) is 10.8 Å². The van der Waals surface area contributed by atoms with Crippen molar-refractivity contribution in [2.75, 3.05) is 0 Å². The molecule has 0 bridgehead atoms. The third-order valence-corrected chi connectivity index (χ3v) is 4.53. The lowest BCUT2D eigenvalue weighted by Crippen LogP contribution is -2.26. The van der Waals surface area contributed by atoms with Crippen LogP contribution in [0.2, 0.25) is 0 Å². The first-order valence-corrected chi connectivity index (χ1v) is 8.28. The molecule has 26 heavy (non-hydrogen) atoms. The summed E-state index contributed by atoms with van der Waals surface area (Å²) in [5, 5.41) is 0.451. The zero-order valence-electron chi connectivity index (χ0n) is 13.5. The summed E-state index contributed by atoms with van der Waals surface area (Å²) in [4.78, 5) is 36.8. The summed E-state index contributed by atoms with van der Waals surface area (Å²) >= 11 is 1.05. The smallest absolute Gasteiger partial charge is 0.351 e. The number of carbonyl (C=O) groups is 2. The molecule has 0 fully saturated rings. The molecule has 0 aliphatic carbocycles. The fourth-order valence-electron chi connectivity index (χ4n) is 2.18. The van der Waals surface area contributed by atoms with Crippen LogP contribution in [0.1, 0.15) is 27.0 Å². The normalized spacial score (nSPS) is 11.8. The quantitative estimate of drug-likeness (QED) is 0.689. The first kappa shape index (κ1) is 17.6. The number of primary amides is 1. The maximum absolute atomic E-state index is 13.1. The number of nitrogens with two attached hydrogens (primary N) is 1. The summed E-state index contributed by atoms with van der Waals surface area (Å²) < 4.78 is 18.3. The number of rotatable bonds is 5. The molecular formula is C17H13FN4O3S. The van der Waals surface area contributed by atoms with E-state index in [1.165, 1.54) is 12.1 Å². The third kappa shape index (κ3) is 3.72. The van der Waals surface area contributed by atoms with Gasteiger partial charge in [0.25, 0.3) is 5.91 Å². The molecule has 1 aromatic carbocycles. The van der Waals surface area contributed by atoms with Gasteiger partial charge in [0.15, 0.2) is 10.8 Å². The van der Waals surface area contributed by atoms with E-state index in [-0.39, 0.29) is 10.4 Å². The molecule has 2 aromatic heterocycles. The van der Waals surface area contributed by atoms with E-state index >= 15 is 0 Å². The Morgan fingerprint density at radius 2 is 1.85 bits per heavy atom. The third-order valence-electron chi connectivity index (χ3n) is 3.40. The Bertz CT molecular complexity index is 944. The highest BCUT2D eigenvalue weighted by Gasteiger charge is 2.26. The molecule has 3 rings (SSSR count). The van der Waals surface area contributed by atoms with Crippen molar-refractivity contribution in [3.05, 3.63) is 64.7 Å². The van der Waals surface area contributed by atoms with Crippen LogP contribution in [0.3, 0.4) is 0 Å². The van der Waals surface area contributed by atoms with Crippen LogP contribution in [0.25, 0.3) is 10.8 Å². The average Bonchev–Trinajstić information content (AvgIpc) is 3.03. The Balaban J connectivity index is 1.85. The number of hydrogen-bond acceptors (Lipinski definition) is 7. The molecule has 0 aliphatic rings. The molecule has 0 saturated carbocycles. The molecule has 2 N–H and O–H groups in total. The summed E-state index contributed by atoms with van der Waals surface area (Å²) in [5.41, 5.74) is 6.03. The first-order valence-electron chi connectivity index (χ1n) is 7.46. The highest BCUT2D eigenvalue weighted by molar-refractivity contribution is 7.16. The molecule has 2 heterocycles. The minimum absolute atomic E-state index is 0.209. The summed E-state index contributed by atoms with van der Waals surface area (Å²) in [6.45, 7) is 1.64. The lowest BCUT2D eigenvalue weighted by Gasteiger charge is -2.14. The maximum atomic E-state index is 13.1. The Morgan fingerprint density at radius 1 is 1.19 bits per heavy atom. The molecule has 0 saturated heterocycles. The van der Waals surface area contributed by atoms with Gasteiger partial charge in [-0.25, -0.2) is 24.1 Å². The summed E-state index contributed by atoms with van der Waals surface area (Å²) in [7, 11) is 0. The predicted octanol–water partition coefficient (Wildman–Crippen LogP) is 2.43. The van der Waals surface area contributed by atoms with Crippen molar-refractivity contribution in [1.82, 2.24) is 15.0 Å². The molecule has 132 valence electrons. The number of aromatic nitrogens is 3. The van der Waals surface area contributed by atoms with E-state index < -0.39 is 23.8 Å². The van der Waals surface area contributed by atoms with E-state index in [9.17, 15) is 14.0 Å². The second-order valence-corrected chi connectivity index (χ2v) is 6.24. The number of aryl methyl sites for hydroxylation is 1. The number of amides is 1. The topological polar surface area (TPSA) is 108 Å². The van der Waals surface area contributed by atoms with Crippen molar-refractivity contribution in [2.24, 2.45) is 5.73 Å². The molecule has 1 unspecified atom stereocenters. The number of thiazole rings is 1. The summed E-state index contributed by atoms with van der Waals surface area (Å²) in [6, 6.07) is 6.64. The standard InChI is InChI=1S/C17H13FN4O3S/c1-9-13(26-16(22-9)15-20-7-2-8-21-15)17(24)25-12(14(19)23)10-3-5-11(18)6-4-10/h2-8,12H,1H3,(H2,19,23). The number of nitrogens with zero attached hydrogens (tertiary/aromatic N) is 3. The molecule has 0 aliphatic heterocycles. The molecule has 0 radical (unpaired) electrons. The fraction of sp³-hybridized carbons (Fsp3) is 0.118. The van der Waals surface area contributed by atoms with Crippen LogP contribution in [0.4, 0.5) is 4.39 Å². The second kappa shape index (κ2) is 7.36. The molecule has 9 heteroatoms. The zero-order valence-corrected chi connectivity index (χ0v) is 14.4. The molecule has 7 nitrogen and oxygen atoms in total. The molecule has 1 amide bonds. The first-order chi connectivity index (χ1) is 12.5. The SMILES string of the molecule is Cc1nc(-c2ncccn2)sc1C(=O)OC(C(N)=O)c1ccc(F)cc1. The van der Waals surface area contributed by atoms with Crippen LogP contribution in [-0.4, -0.2) is 26.8 Å². The number of hydrogen-bond donors (Lipinski definition) is 1. The number of carbonyl (C=O) groups excluding carboxylic acids is 2. The van der Waals surface area contributed by atoms with Crippen molar-refractivity contribution >= 4 is 23.2 Å². The number of benzene rings is 1. The van der Waals surface area contributed by atoms with Crippen molar-refractivity contribution in [2.45, 2.75) is 13.0 Å². The van der Waals surface area contributed by atoms with Gasteiger partial charge in [-0.2, -0.15) is 0 Å². The zero-order chi connectivity index (χ0) is 18.7. The van der Waals surface area contributed by atoms with Gasteiger partial charge in [-0.15, -0.1) is 11.3 Å². The number of esters is 1. The van der Waals surface area contributed by atoms with Gasteiger partial charge in [0.05, 0.1) is 5.69 Å². The predicted molar refractivity (Wildman–Crippen MR) is 91.6 cm³/mol. The Hall–Kier alpha value is -3.20. The minimum Gasteiger partial charge on any atom is -0.443 e. The Morgan fingerprint density at radius 3 is 2.46 bits per heavy atom. The van der Waals surface area contributed by atoms with Gasteiger partial charge < -0.3 is 10.5 Å². The van der Waals surface area contributed by atoms with Crippen molar-refractivity contribution < 1.29 is 18.7 Å². The van der Waals surface area contributed by atoms with E-state index in [1.54, 1.807) is 25.4 Å². The number of ether oxygens (including phenoxy) is 1. The molecule has 1 atom stereocenters. The van der Waals surface area contributed by atoms with Gasteiger partial charge in [0.1, 0.15) is 10.7 Å². The van der Waals surface area contributed by atoms with Gasteiger partial charge in [0, 0.05) is 18.0 Å².